The van der Waals surface area contributed by atoms with Crippen LogP contribution in [0.5, 0.6) is 0 Å². The Morgan fingerprint density at radius 1 is 1.26 bits per heavy atom. The number of amides is 1. The van der Waals surface area contributed by atoms with Crippen LogP contribution in [-0.2, 0) is 21.4 Å². The van der Waals surface area contributed by atoms with E-state index in [0.717, 1.165) is 0 Å². The molecule has 2 aromatic rings. The zero-order valence-electron chi connectivity index (χ0n) is 15.8. The van der Waals surface area contributed by atoms with Gasteiger partial charge in [-0.1, -0.05) is 0 Å². The zero-order chi connectivity index (χ0) is 19.7. The summed E-state index contributed by atoms with van der Waals surface area (Å²) in [6, 6.07) is 2.75. The maximum atomic E-state index is 12.8. The Balaban J connectivity index is 2.21. The van der Waals surface area contributed by atoms with E-state index < -0.39 is 17.7 Å². The van der Waals surface area contributed by atoms with Crippen molar-refractivity contribution in [1.82, 2.24) is 19.7 Å². The first-order chi connectivity index (χ1) is 12.9. The number of aliphatic hydroxyl groups is 1. The number of carbonyl (C=O) groups is 2. The van der Waals surface area contributed by atoms with Crippen LogP contribution in [0.1, 0.15) is 28.6 Å². The van der Waals surface area contributed by atoms with Gasteiger partial charge in [0, 0.05) is 38.8 Å². The van der Waals surface area contributed by atoms with Crippen molar-refractivity contribution in [1.29, 1.82) is 0 Å². The van der Waals surface area contributed by atoms with Crippen molar-refractivity contribution >= 4 is 17.4 Å². The van der Waals surface area contributed by atoms with Crippen molar-refractivity contribution in [2.24, 2.45) is 7.05 Å². The Morgan fingerprint density at radius 2 is 1.93 bits per heavy atom. The van der Waals surface area contributed by atoms with E-state index >= 15 is 0 Å². The lowest BCUT2D eigenvalue weighted by Crippen LogP contribution is -2.32. The highest BCUT2D eigenvalue weighted by Gasteiger charge is 2.46. The third-order valence-electron chi connectivity index (χ3n) is 4.84. The lowest BCUT2D eigenvalue weighted by Gasteiger charge is -2.24. The SMILES string of the molecule is COCCN1C(=O)C(=O)/C(=C(/O)c2c(C)nn(C)c2C)C1c1ccncc1. The molecule has 3 rings (SSSR count). The second-order valence-corrected chi connectivity index (χ2v) is 6.44. The summed E-state index contributed by atoms with van der Waals surface area (Å²) in [6.45, 7) is 4.07. The van der Waals surface area contributed by atoms with Crippen LogP contribution < -0.4 is 0 Å². The van der Waals surface area contributed by atoms with Crippen LogP contribution >= 0.6 is 0 Å². The Kier molecular flexibility index (Phi) is 5.09. The van der Waals surface area contributed by atoms with Gasteiger partial charge in [-0.05, 0) is 31.5 Å². The van der Waals surface area contributed by atoms with Gasteiger partial charge in [-0.15, -0.1) is 0 Å². The number of ether oxygens (including phenoxy) is 1. The lowest BCUT2D eigenvalue weighted by molar-refractivity contribution is -0.140. The van der Waals surface area contributed by atoms with Gasteiger partial charge >= 0.3 is 0 Å². The minimum absolute atomic E-state index is 0.0569. The molecule has 8 heteroatoms. The number of pyridine rings is 1. The summed E-state index contributed by atoms with van der Waals surface area (Å²) in [7, 11) is 3.29. The predicted octanol–water partition coefficient (Wildman–Crippen LogP) is 1.50. The maximum absolute atomic E-state index is 12.8. The number of rotatable bonds is 5. The minimum Gasteiger partial charge on any atom is -0.507 e. The summed E-state index contributed by atoms with van der Waals surface area (Å²) in [6.07, 6.45) is 3.18. The molecule has 3 heterocycles. The summed E-state index contributed by atoms with van der Waals surface area (Å²) in [5.74, 6) is -1.58. The van der Waals surface area contributed by atoms with Gasteiger partial charge in [0.05, 0.1) is 29.5 Å². The van der Waals surface area contributed by atoms with Crippen molar-refractivity contribution in [2.45, 2.75) is 19.9 Å². The van der Waals surface area contributed by atoms with Gasteiger partial charge in [0.2, 0.25) is 0 Å². The molecule has 1 atom stereocenters. The molecule has 0 aliphatic carbocycles. The van der Waals surface area contributed by atoms with Crippen LogP contribution in [0.2, 0.25) is 0 Å². The molecule has 27 heavy (non-hydrogen) atoms. The van der Waals surface area contributed by atoms with Gasteiger partial charge in [0.25, 0.3) is 11.7 Å². The van der Waals surface area contributed by atoms with E-state index in [-0.39, 0.29) is 24.5 Å². The molecule has 1 aliphatic rings. The monoisotopic (exact) mass is 370 g/mol. The number of nitrogens with zero attached hydrogens (tertiary/aromatic N) is 4. The van der Waals surface area contributed by atoms with E-state index in [1.54, 1.807) is 50.1 Å². The molecule has 0 aromatic carbocycles. The van der Waals surface area contributed by atoms with E-state index in [2.05, 4.69) is 10.1 Å². The number of carbonyl (C=O) groups excluding carboxylic acids is 2. The van der Waals surface area contributed by atoms with E-state index in [1.165, 1.54) is 12.0 Å². The predicted molar refractivity (Wildman–Crippen MR) is 97.8 cm³/mol. The lowest BCUT2D eigenvalue weighted by atomic mass is 9.95. The maximum Gasteiger partial charge on any atom is 0.295 e. The highest BCUT2D eigenvalue weighted by atomic mass is 16.5. The number of aliphatic hydroxyl groups excluding tert-OH is 1. The van der Waals surface area contributed by atoms with Crippen molar-refractivity contribution < 1.29 is 19.4 Å². The number of Topliss-reactive ketones (excluding diaryl/α,β-unsaturated/α-hetero) is 1. The Hall–Kier alpha value is -3.00. The molecule has 2 aromatic heterocycles. The molecule has 1 saturated heterocycles. The first kappa shape index (κ1) is 18.8. The second kappa shape index (κ2) is 7.32. The first-order valence-corrected chi connectivity index (χ1v) is 8.56. The third-order valence-corrected chi connectivity index (χ3v) is 4.84. The summed E-state index contributed by atoms with van der Waals surface area (Å²) >= 11 is 0. The van der Waals surface area contributed by atoms with Crippen LogP contribution in [0.25, 0.3) is 5.76 Å². The molecule has 1 fully saturated rings. The van der Waals surface area contributed by atoms with Crippen molar-refractivity contribution in [3.05, 3.63) is 52.6 Å². The molecule has 142 valence electrons. The molecule has 0 radical (unpaired) electrons. The summed E-state index contributed by atoms with van der Waals surface area (Å²) in [5.41, 5.74) is 2.52. The van der Waals surface area contributed by atoms with Gasteiger partial charge in [-0.25, -0.2) is 0 Å². The number of aromatic nitrogens is 3. The molecule has 1 unspecified atom stereocenters. The Labute approximate surface area is 157 Å². The number of hydrogen-bond acceptors (Lipinski definition) is 6. The summed E-state index contributed by atoms with van der Waals surface area (Å²) < 4.78 is 6.72. The topological polar surface area (TPSA) is 97.5 Å². The largest absolute Gasteiger partial charge is 0.507 e. The van der Waals surface area contributed by atoms with Gasteiger partial charge in [-0.2, -0.15) is 5.10 Å². The molecular formula is C19H22N4O4. The normalized spacial score (nSPS) is 19.1. The van der Waals surface area contributed by atoms with Gasteiger partial charge in [-0.3, -0.25) is 19.3 Å². The molecule has 0 bridgehead atoms. The van der Waals surface area contributed by atoms with E-state index in [1.807, 2.05) is 0 Å². The van der Waals surface area contributed by atoms with Crippen LogP contribution in [0.15, 0.2) is 30.1 Å². The quantitative estimate of drug-likeness (QED) is 0.487. The smallest absolute Gasteiger partial charge is 0.295 e. The first-order valence-electron chi connectivity index (χ1n) is 8.56. The third kappa shape index (κ3) is 3.12. The van der Waals surface area contributed by atoms with Crippen LogP contribution in [-0.4, -0.2) is 56.7 Å². The highest BCUT2D eigenvalue weighted by molar-refractivity contribution is 6.46. The standard InChI is InChI=1S/C19H22N4O4/c1-11-14(12(2)22(3)21-11)17(24)15-16(13-5-7-20-8-6-13)23(9-10-27-4)19(26)18(15)25/h5-8,16,24H,9-10H2,1-4H3/b17-15+. The number of likely N-dealkylation sites (tertiary alicyclic amines) is 1. The van der Waals surface area contributed by atoms with E-state index in [4.69, 9.17) is 4.74 Å². The number of ketones is 1. The van der Waals surface area contributed by atoms with Crippen molar-refractivity contribution in [2.75, 3.05) is 20.3 Å². The Morgan fingerprint density at radius 3 is 2.48 bits per heavy atom. The van der Waals surface area contributed by atoms with Gasteiger partial charge in [0.1, 0.15) is 5.76 Å². The van der Waals surface area contributed by atoms with Crippen LogP contribution in [0, 0.1) is 13.8 Å². The average molecular weight is 370 g/mol. The molecule has 1 aliphatic heterocycles. The van der Waals surface area contributed by atoms with Crippen LogP contribution in [0.3, 0.4) is 0 Å². The van der Waals surface area contributed by atoms with E-state index in [9.17, 15) is 14.7 Å². The average Bonchev–Trinajstić information content (AvgIpc) is 3.06. The number of methoxy groups -OCH3 is 1. The highest BCUT2D eigenvalue weighted by Crippen LogP contribution is 2.39. The molecule has 0 spiro atoms. The zero-order valence-corrected chi connectivity index (χ0v) is 15.8. The van der Waals surface area contributed by atoms with Crippen molar-refractivity contribution in [3.63, 3.8) is 0 Å². The van der Waals surface area contributed by atoms with Crippen molar-refractivity contribution in [3.8, 4) is 0 Å². The Bertz CT molecular complexity index is 917. The number of hydrogen-bond donors (Lipinski definition) is 1. The molecule has 1 amide bonds. The summed E-state index contributed by atoms with van der Waals surface area (Å²) in [4.78, 5) is 30.9. The minimum atomic E-state index is -0.715. The van der Waals surface area contributed by atoms with Gasteiger partial charge in [0.15, 0.2) is 0 Å². The number of aryl methyl sites for hydroxylation is 2. The molecule has 0 saturated carbocycles. The molecule has 8 nitrogen and oxygen atoms in total. The van der Waals surface area contributed by atoms with Gasteiger partial charge < -0.3 is 14.7 Å². The fraction of sp³-hybridized carbons (Fsp3) is 0.368. The van der Waals surface area contributed by atoms with E-state index in [0.29, 0.717) is 22.5 Å². The van der Waals surface area contributed by atoms with Crippen LogP contribution in [0.4, 0.5) is 0 Å². The molecule has 1 N–H and O–H groups in total. The fourth-order valence-electron chi connectivity index (χ4n) is 3.44. The molecular weight excluding hydrogens is 348 g/mol. The second-order valence-electron chi connectivity index (χ2n) is 6.44. The fourth-order valence-corrected chi connectivity index (χ4v) is 3.44. The summed E-state index contributed by atoms with van der Waals surface area (Å²) in [5, 5.41) is 15.3.